The molecule has 90 valence electrons. The molecule has 18 heavy (non-hydrogen) atoms. The highest BCUT2D eigenvalue weighted by Gasteiger charge is 2.11. The van der Waals surface area contributed by atoms with E-state index in [0.29, 0.717) is 17.6 Å². The molecule has 3 heterocycles. The van der Waals surface area contributed by atoms with Crippen LogP contribution in [0.4, 0.5) is 5.95 Å². The molecule has 0 fully saturated rings. The van der Waals surface area contributed by atoms with Crippen LogP contribution in [0, 0.1) is 0 Å². The van der Waals surface area contributed by atoms with Crippen molar-refractivity contribution in [1.29, 1.82) is 0 Å². The van der Waals surface area contributed by atoms with Crippen LogP contribution in [0.3, 0.4) is 0 Å². The first-order valence-electron chi connectivity index (χ1n) is 5.23. The predicted molar refractivity (Wildman–Crippen MR) is 63.6 cm³/mol. The topological polar surface area (TPSA) is 100 Å². The van der Waals surface area contributed by atoms with Gasteiger partial charge in [-0.25, -0.2) is 9.67 Å². The third-order valence-electron chi connectivity index (χ3n) is 2.37. The molecule has 0 atom stereocenters. The molecule has 0 amide bonds. The number of aryl methyl sites for hydroxylation is 1. The molecule has 8 nitrogen and oxygen atoms in total. The Hall–Kier alpha value is -2.77. The second-order valence-corrected chi connectivity index (χ2v) is 3.63. The molecule has 8 heteroatoms. The third-order valence-corrected chi connectivity index (χ3v) is 2.37. The lowest BCUT2D eigenvalue weighted by Gasteiger charge is -2.04. The molecule has 0 saturated carbocycles. The summed E-state index contributed by atoms with van der Waals surface area (Å²) >= 11 is 0. The van der Waals surface area contributed by atoms with Crippen LogP contribution in [0.5, 0.6) is 0 Å². The van der Waals surface area contributed by atoms with Crippen molar-refractivity contribution < 1.29 is 0 Å². The van der Waals surface area contributed by atoms with Gasteiger partial charge in [0.2, 0.25) is 11.8 Å². The van der Waals surface area contributed by atoms with Crippen LogP contribution in [-0.4, -0.2) is 34.3 Å². The molecule has 3 aromatic rings. The van der Waals surface area contributed by atoms with Gasteiger partial charge in [0.05, 0.1) is 0 Å². The van der Waals surface area contributed by atoms with Crippen molar-refractivity contribution in [3.05, 3.63) is 30.9 Å². The first-order valence-corrected chi connectivity index (χ1v) is 5.23. The number of hydrogen-bond acceptors (Lipinski definition) is 6. The molecule has 0 aliphatic heterocycles. The highest BCUT2D eigenvalue weighted by Crippen LogP contribution is 2.13. The summed E-state index contributed by atoms with van der Waals surface area (Å²) in [4.78, 5) is 16.6. The monoisotopic (exact) mass is 242 g/mol. The van der Waals surface area contributed by atoms with Gasteiger partial charge in [0.1, 0.15) is 0 Å². The van der Waals surface area contributed by atoms with Gasteiger partial charge in [-0.3, -0.25) is 0 Å². The molecular weight excluding hydrogens is 232 g/mol. The molecule has 0 spiro atoms. The molecule has 0 radical (unpaired) electrons. The van der Waals surface area contributed by atoms with Gasteiger partial charge in [-0.15, -0.1) is 0 Å². The average Bonchev–Trinajstić information content (AvgIpc) is 2.98. The average molecular weight is 242 g/mol. The number of rotatable bonds is 2. The molecule has 0 unspecified atom stereocenters. The van der Waals surface area contributed by atoms with Crippen LogP contribution < -0.4 is 5.73 Å². The van der Waals surface area contributed by atoms with Gasteiger partial charge in [-0.1, -0.05) is 0 Å². The fourth-order valence-electron chi connectivity index (χ4n) is 1.55. The van der Waals surface area contributed by atoms with Crippen molar-refractivity contribution in [1.82, 2.24) is 34.3 Å². The zero-order valence-electron chi connectivity index (χ0n) is 9.59. The first kappa shape index (κ1) is 10.4. The van der Waals surface area contributed by atoms with Gasteiger partial charge < -0.3 is 10.3 Å². The Labute approximate surface area is 102 Å². The zero-order valence-corrected chi connectivity index (χ0v) is 9.59. The number of aromatic nitrogens is 7. The van der Waals surface area contributed by atoms with Crippen molar-refractivity contribution in [2.75, 3.05) is 5.73 Å². The van der Waals surface area contributed by atoms with Crippen molar-refractivity contribution in [2.45, 2.75) is 0 Å². The SMILES string of the molecule is Cn1ccnc1-c1nc(N)nc(-n2cccn2)n1. The molecule has 0 saturated heterocycles. The Morgan fingerprint density at radius 1 is 1.11 bits per heavy atom. The molecular formula is C10H10N8. The van der Waals surface area contributed by atoms with Gasteiger partial charge in [0.25, 0.3) is 5.95 Å². The van der Waals surface area contributed by atoms with Crippen LogP contribution >= 0.6 is 0 Å². The van der Waals surface area contributed by atoms with Crippen molar-refractivity contribution in [3.63, 3.8) is 0 Å². The second kappa shape index (κ2) is 3.91. The molecule has 3 rings (SSSR count). The highest BCUT2D eigenvalue weighted by atomic mass is 15.4. The summed E-state index contributed by atoms with van der Waals surface area (Å²) in [6.45, 7) is 0. The molecule has 0 aliphatic rings. The number of nitrogens with two attached hydrogens (primary N) is 1. The fraction of sp³-hybridized carbons (Fsp3) is 0.100. The number of nitrogen functional groups attached to an aromatic ring is 1. The summed E-state index contributed by atoms with van der Waals surface area (Å²) in [5.74, 6) is 1.54. The van der Waals surface area contributed by atoms with E-state index in [1.165, 1.54) is 4.68 Å². The maximum absolute atomic E-state index is 5.68. The number of nitrogens with zero attached hydrogens (tertiary/aromatic N) is 7. The van der Waals surface area contributed by atoms with Gasteiger partial charge in [0.15, 0.2) is 5.82 Å². The van der Waals surface area contributed by atoms with E-state index in [4.69, 9.17) is 5.73 Å². The fourth-order valence-corrected chi connectivity index (χ4v) is 1.55. The van der Waals surface area contributed by atoms with Crippen LogP contribution in [0.15, 0.2) is 30.9 Å². The standard InChI is InChI=1S/C10H10N8/c1-17-6-4-12-8(17)7-14-9(11)16-10(15-7)18-5-2-3-13-18/h2-6H,1H3,(H2,11,14,15,16). The van der Waals surface area contributed by atoms with Crippen LogP contribution in [0.1, 0.15) is 0 Å². The lowest BCUT2D eigenvalue weighted by Crippen LogP contribution is -2.09. The van der Waals surface area contributed by atoms with Crippen molar-refractivity contribution >= 4 is 5.95 Å². The summed E-state index contributed by atoms with van der Waals surface area (Å²) in [6.07, 6.45) is 6.85. The Morgan fingerprint density at radius 2 is 2.00 bits per heavy atom. The summed E-state index contributed by atoms with van der Waals surface area (Å²) in [5, 5.41) is 4.05. The van der Waals surface area contributed by atoms with Gasteiger partial charge in [-0.05, 0) is 6.07 Å². The summed E-state index contributed by atoms with van der Waals surface area (Å²) < 4.78 is 3.33. The van der Waals surface area contributed by atoms with E-state index in [0.717, 1.165) is 0 Å². The molecule has 0 aliphatic carbocycles. The van der Waals surface area contributed by atoms with Gasteiger partial charge in [-0.2, -0.15) is 20.1 Å². The van der Waals surface area contributed by atoms with Gasteiger partial charge in [0, 0.05) is 31.8 Å². The number of imidazole rings is 1. The number of hydrogen-bond donors (Lipinski definition) is 1. The van der Waals surface area contributed by atoms with E-state index in [2.05, 4.69) is 25.0 Å². The number of anilines is 1. The quantitative estimate of drug-likeness (QED) is 0.681. The molecule has 2 N–H and O–H groups in total. The van der Waals surface area contributed by atoms with E-state index in [1.54, 1.807) is 24.7 Å². The van der Waals surface area contributed by atoms with E-state index in [1.807, 2.05) is 17.8 Å². The third kappa shape index (κ3) is 1.69. The Morgan fingerprint density at radius 3 is 2.67 bits per heavy atom. The zero-order chi connectivity index (χ0) is 12.5. The normalized spacial score (nSPS) is 10.7. The maximum Gasteiger partial charge on any atom is 0.256 e. The second-order valence-electron chi connectivity index (χ2n) is 3.63. The summed E-state index contributed by atoms with van der Waals surface area (Å²) in [5.41, 5.74) is 5.68. The van der Waals surface area contributed by atoms with Gasteiger partial charge >= 0.3 is 0 Å². The Kier molecular flexibility index (Phi) is 2.26. The molecule has 0 aromatic carbocycles. The lowest BCUT2D eigenvalue weighted by molar-refractivity contribution is 0.795. The smallest absolute Gasteiger partial charge is 0.256 e. The Balaban J connectivity index is 2.15. The minimum absolute atomic E-state index is 0.133. The van der Waals surface area contributed by atoms with Crippen molar-refractivity contribution in [2.24, 2.45) is 7.05 Å². The first-order chi connectivity index (χ1) is 8.74. The highest BCUT2D eigenvalue weighted by molar-refractivity contribution is 5.47. The van der Waals surface area contributed by atoms with E-state index in [-0.39, 0.29) is 5.95 Å². The largest absolute Gasteiger partial charge is 0.368 e. The lowest BCUT2D eigenvalue weighted by atomic mass is 10.5. The van der Waals surface area contributed by atoms with E-state index in [9.17, 15) is 0 Å². The summed E-state index contributed by atoms with van der Waals surface area (Å²) in [7, 11) is 1.86. The van der Waals surface area contributed by atoms with Crippen LogP contribution in [0.25, 0.3) is 17.6 Å². The minimum atomic E-state index is 0.133. The van der Waals surface area contributed by atoms with E-state index >= 15 is 0 Å². The summed E-state index contributed by atoms with van der Waals surface area (Å²) in [6, 6.07) is 1.78. The van der Waals surface area contributed by atoms with Crippen LogP contribution in [-0.2, 0) is 7.05 Å². The van der Waals surface area contributed by atoms with Crippen LogP contribution in [0.2, 0.25) is 0 Å². The van der Waals surface area contributed by atoms with E-state index < -0.39 is 0 Å². The maximum atomic E-state index is 5.68. The molecule has 0 bridgehead atoms. The molecule has 3 aromatic heterocycles. The Bertz CT molecular complexity index is 669. The predicted octanol–water partition coefficient (Wildman–Crippen LogP) is 0.0400. The van der Waals surface area contributed by atoms with Crippen molar-refractivity contribution in [3.8, 4) is 17.6 Å². The minimum Gasteiger partial charge on any atom is -0.368 e.